The van der Waals surface area contributed by atoms with E-state index in [2.05, 4.69) is 228 Å². The molecule has 0 heterocycles. The summed E-state index contributed by atoms with van der Waals surface area (Å²) >= 11 is 20.6. The molecule has 4 nitrogen and oxygen atoms in total. The van der Waals surface area contributed by atoms with Gasteiger partial charge in [-0.15, -0.1) is 0 Å². The molecule has 0 fully saturated rings. The average Bonchev–Trinajstić information content (AvgIpc) is 3.52. The average molecular weight is 1150 g/mol. The number of benzene rings is 11. The van der Waals surface area contributed by atoms with Gasteiger partial charge in [0.15, 0.2) is 13.2 Å². The second-order valence-electron chi connectivity index (χ2n) is 18.3. The first-order valence-electron chi connectivity index (χ1n) is 24.9. The smallest absolute Gasteiger partial charge is 0.198 e. The topological polar surface area (TPSA) is 40.6 Å². The molecule has 11 aromatic carbocycles. The van der Waals surface area contributed by atoms with E-state index in [4.69, 9.17) is 44.8 Å². The van der Waals surface area contributed by atoms with Crippen molar-refractivity contribution >= 4 is 117 Å². The molecule has 11 aromatic rings. The van der Waals surface area contributed by atoms with Crippen molar-refractivity contribution in [1.29, 1.82) is 0 Å². The molecule has 0 saturated heterocycles. The molecule has 2 unspecified atom stereocenters. The van der Waals surface area contributed by atoms with Crippen LogP contribution in [0.1, 0.15) is 0 Å². The Kier molecular flexibility index (Phi) is 16.2. The lowest BCUT2D eigenvalue weighted by atomic mass is 9.97. The van der Waals surface area contributed by atoms with Crippen molar-refractivity contribution in [2.45, 2.75) is 0 Å². The van der Waals surface area contributed by atoms with Crippen LogP contribution >= 0.6 is 13.2 Å². The fraction of sp³-hybridized carbons (Fsp3) is 0. The number of anilines is 6. The third-order valence-electron chi connectivity index (χ3n) is 13.6. The van der Waals surface area contributed by atoms with Crippen LogP contribution in [0, 0.1) is 0 Å². The molecule has 0 aliphatic carbocycles. The Balaban J connectivity index is 0.783. The van der Waals surface area contributed by atoms with Crippen LogP contribution in [-0.2, 0) is 68.3 Å². The minimum Gasteiger partial charge on any atom is -0.311 e. The van der Waals surface area contributed by atoms with Gasteiger partial charge in [-0.2, -0.15) is 0 Å². The van der Waals surface area contributed by atoms with Gasteiger partial charge >= 0.3 is 0 Å². The normalized spacial score (nSPS) is 11.3. The summed E-state index contributed by atoms with van der Waals surface area (Å²) in [6.07, 6.45) is 0. The van der Waals surface area contributed by atoms with Gasteiger partial charge in [-0.25, -0.2) is 0 Å². The lowest BCUT2D eigenvalue weighted by Crippen LogP contribution is -2.11. The molecule has 0 saturated carbocycles. The highest BCUT2D eigenvalue weighted by molar-refractivity contribution is 8.57. The molecule has 378 valence electrons. The van der Waals surface area contributed by atoms with Crippen LogP contribution in [0.5, 0.6) is 0 Å². The van der Waals surface area contributed by atoms with E-state index < -0.39 is 27.5 Å². The van der Waals surface area contributed by atoms with E-state index in [0.29, 0.717) is 10.6 Å². The Morgan fingerprint density at radius 2 is 0.372 bits per heavy atom. The fourth-order valence-electron chi connectivity index (χ4n) is 9.55. The van der Waals surface area contributed by atoms with Crippen molar-refractivity contribution < 1.29 is 9.13 Å². The zero-order valence-electron chi connectivity index (χ0n) is 41.6. The third kappa shape index (κ3) is 11.8. The maximum absolute atomic E-state index is 12.7. The van der Waals surface area contributed by atoms with Crippen molar-refractivity contribution in [2.24, 2.45) is 0 Å². The lowest BCUT2D eigenvalue weighted by molar-refractivity contribution is 0.601. The molecule has 2 atom stereocenters. The molecular weight excluding hydrogens is 1110 g/mol. The van der Waals surface area contributed by atoms with E-state index in [0.717, 1.165) is 78.6 Å². The molecular formula is C66H46N2O2P2S6. The number of hydrogen-bond acceptors (Lipinski definition) is 8. The molecule has 0 radical (unpaired) electrons. The Labute approximate surface area is 477 Å². The molecule has 0 spiro atoms. The Bertz CT molecular complexity index is 4140. The van der Waals surface area contributed by atoms with Crippen LogP contribution in [0.15, 0.2) is 279 Å². The van der Waals surface area contributed by atoms with E-state index >= 15 is 0 Å². The van der Waals surface area contributed by atoms with Gasteiger partial charge in [-0.1, -0.05) is 182 Å². The predicted octanol–water partition coefficient (Wildman–Crippen LogP) is 18.4. The van der Waals surface area contributed by atoms with Crippen molar-refractivity contribution in [2.75, 3.05) is 9.80 Å². The minimum absolute atomic E-state index is 0.629. The zero-order chi connectivity index (χ0) is 53.5. The second kappa shape index (κ2) is 24.1. The molecule has 11 rings (SSSR count). The molecule has 0 bridgehead atoms. The summed E-state index contributed by atoms with van der Waals surface area (Å²) in [6.45, 7) is -3.69. The first-order chi connectivity index (χ1) is 38.1. The van der Waals surface area contributed by atoms with E-state index in [1.54, 1.807) is 0 Å². The SMILES string of the molecule is O=P(c1ccc(N(c2ccc(-c3ccc(-c4ccc(-c5ccc(-c6ccc(N(c7ccc(-c8ccccc8)cc7)c7ccc(-c8ccccc8)cc7)cc6)cc5)cc4)cc3)cc2)c2ccc(P(=O)=S(=S)=S)cc2)cc1)=S(=S)=S. The Morgan fingerprint density at radius 3 is 0.551 bits per heavy atom. The van der Waals surface area contributed by atoms with Gasteiger partial charge in [0.05, 0.1) is 0 Å². The molecule has 0 aromatic heterocycles. The van der Waals surface area contributed by atoms with Gasteiger partial charge in [-0.05, 0) is 223 Å². The lowest BCUT2D eigenvalue weighted by Gasteiger charge is -2.26. The van der Waals surface area contributed by atoms with Crippen LogP contribution in [-0.4, -0.2) is 0 Å². The second-order valence-corrected chi connectivity index (χ2v) is 33.6. The summed E-state index contributed by atoms with van der Waals surface area (Å²) < 4.78 is 25.5. The summed E-state index contributed by atoms with van der Waals surface area (Å²) in [5.74, 6) is 0. The van der Waals surface area contributed by atoms with Crippen LogP contribution in [0.25, 0.3) is 66.8 Å². The van der Waals surface area contributed by atoms with E-state index in [9.17, 15) is 9.13 Å². The van der Waals surface area contributed by atoms with Gasteiger partial charge < -0.3 is 9.80 Å². The van der Waals surface area contributed by atoms with Crippen LogP contribution in [0.3, 0.4) is 0 Å². The first-order valence-corrected chi connectivity index (χ1v) is 34.8. The largest absolute Gasteiger partial charge is 0.311 e. The highest BCUT2D eigenvalue weighted by Gasteiger charge is 2.16. The van der Waals surface area contributed by atoms with Crippen LogP contribution in [0.2, 0.25) is 0 Å². The highest BCUT2D eigenvalue weighted by Crippen LogP contribution is 2.40. The Morgan fingerprint density at radius 1 is 0.218 bits per heavy atom. The number of rotatable bonds is 14. The zero-order valence-corrected chi connectivity index (χ0v) is 48.3. The summed E-state index contributed by atoms with van der Waals surface area (Å²) in [7, 11) is -2.12. The molecule has 0 N–H and O–H groups in total. The highest BCUT2D eigenvalue weighted by atomic mass is 33.2. The number of hydrogen-bond donors (Lipinski definition) is 0. The van der Waals surface area contributed by atoms with E-state index in [-0.39, 0.29) is 0 Å². The van der Waals surface area contributed by atoms with Gasteiger partial charge in [0.2, 0.25) is 0 Å². The van der Waals surface area contributed by atoms with Crippen LogP contribution < -0.4 is 20.4 Å². The monoisotopic (exact) mass is 1150 g/mol. The fourth-order valence-corrected chi connectivity index (χ4v) is 15.5. The van der Waals surface area contributed by atoms with Gasteiger partial charge in [0.1, 0.15) is 0 Å². The molecule has 78 heavy (non-hydrogen) atoms. The molecule has 0 amide bonds. The van der Waals surface area contributed by atoms with Gasteiger partial charge in [0.25, 0.3) is 0 Å². The van der Waals surface area contributed by atoms with Crippen LogP contribution in [0.4, 0.5) is 34.1 Å². The van der Waals surface area contributed by atoms with Crippen molar-refractivity contribution in [3.8, 4) is 66.8 Å². The summed E-state index contributed by atoms with van der Waals surface area (Å²) in [4.78, 5) is 4.41. The standard InChI is InChI=1S/C66H46N2O2P2S6/c69-71(77(73)74)65-43-39-63(40-44-65)68(64-41-45-66(46-42-64)72(70)78(75)76)62-37-29-58(30-38-62)54-21-17-52(18-22-54)50-13-11-49(12-14-50)51-15-19-53(20-16-51)57-27-35-61(36-28-57)67(59-31-23-55(24-32-59)47-7-3-1-4-8-47)60-33-25-56(26-34-60)48-9-5-2-6-10-48/h1-46H. The van der Waals surface area contributed by atoms with Gasteiger partial charge in [0, 0.05) is 44.7 Å². The van der Waals surface area contributed by atoms with Gasteiger partial charge in [-0.3, -0.25) is 9.13 Å². The van der Waals surface area contributed by atoms with Crippen molar-refractivity contribution in [1.82, 2.24) is 0 Å². The molecule has 0 aliphatic heterocycles. The van der Waals surface area contributed by atoms with Crippen molar-refractivity contribution in [3.63, 3.8) is 0 Å². The summed E-state index contributed by atoms with van der Waals surface area (Å²) in [6, 6.07) is 97.0. The van der Waals surface area contributed by atoms with E-state index in [1.807, 2.05) is 60.7 Å². The van der Waals surface area contributed by atoms with E-state index in [1.165, 1.54) is 22.3 Å². The van der Waals surface area contributed by atoms with Crippen molar-refractivity contribution in [3.05, 3.63) is 279 Å². The molecule has 0 aliphatic rings. The maximum atomic E-state index is 12.7. The third-order valence-corrected chi connectivity index (χ3v) is 23.4. The number of nitrogens with zero attached hydrogens (tertiary/aromatic N) is 2. The molecule has 12 heteroatoms. The minimum atomic E-state index is -1.84. The maximum Gasteiger partial charge on any atom is 0.198 e. The predicted molar refractivity (Wildman–Crippen MR) is 347 cm³/mol. The first kappa shape index (κ1) is 52.6. The Hall–Kier alpha value is -7.46. The summed E-state index contributed by atoms with van der Waals surface area (Å²) in [5, 5.41) is 1.26. The quantitative estimate of drug-likeness (QED) is 0.0998. The summed E-state index contributed by atoms with van der Waals surface area (Å²) in [5.41, 5.74) is 19.7.